The summed E-state index contributed by atoms with van der Waals surface area (Å²) in [5.74, 6) is -0.150. The van der Waals surface area contributed by atoms with Crippen molar-refractivity contribution in [1.82, 2.24) is 20.2 Å². The molecule has 2 aliphatic rings. The Balaban J connectivity index is 1.46. The summed E-state index contributed by atoms with van der Waals surface area (Å²) < 4.78 is 63.7. The van der Waals surface area contributed by atoms with Crippen LogP contribution in [0.15, 0.2) is 24.3 Å². The van der Waals surface area contributed by atoms with Crippen LogP contribution in [0.4, 0.5) is 29.1 Å². The third kappa shape index (κ3) is 6.04. The highest BCUT2D eigenvalue weighted by molar-refractivity contribution is 5.95. The second-order valence-electron chi connectivity index (χ2n) is 8.96. The van der Waals surface area contributed by atoms with Crippen LogP contribution < -0.4 is 15.4 Å². The van der Waals surface area contributed by atoms with E-state index in [1.54, 1.807) is 11.8 Å². The number of nitrogens with one attached hydrogen (secondary N) is 2. The van der Waals surface area contributed by atoms with Crippen molar-refractivity contribution in [2.24, 2.45) is 0 Å². The van der Waals surface area contributed by atoms with Gasteiger partial charge in [-0.3, -0.25) is 4.79 Å². The molecule has 8 nitrogen and oxygen atoms in total. The Morgan fingerprint density at radius 1 is 1.19 bits per heavy atom. The van der Waals surface area contributed by atoms with Gasteiger partial charge in [-0.1, -0.05) is 6.07 Å². The van der Waals surface area contributed by atoms with Gasteiger partial charge >= 0.3 is 12.2 Å². The number of hydrogen-bond acceptors (Lipinski definition) is 7. The zero-order valence-corrected chi connectivity index (χ0v) is 20.1. The molecule has 0 saturated carbocycles. The highest BCUT2D eigenvalue weighted by Crippen LogP contribution is 2.32. The van der Waals surface area contributed by atoms with Crippen molar-refractivity contribution in [2.75, 3.05) is 38.7 Å². The first kappa shape index (κ1) is 26.1. The lowest BCUT2D eigenvalue weighted by atomic mass is 10.00. The van der Waals surface area contributed by atoms with Crippen molar-refractivity contribution in [3.63, 3.8) is 0 Å². The minimum atomic E-state index is -4.49. The van der Waals surface area contributed by atoms with E-state index in [1.807, 2.05) is 0 Å². The maximum Gasteiger partial charge on any atom is 0.416 e. The van der Waals surface area contributed by atoms with Gasteiger partial charge in [-0.25, -0.2) is 4.39 Å². The van der Waals surface area contributed by atoms with Crippen molar-refractivity contribution >= 4 is 17.4 Å². The molecule has 2 unspecified atom stereocenters. The number of alkyl halides is 4. The molecule has 12 heteroatoms. The van der Waals surface area contributed by atoms with Gasteiger partial charge in [0.25, 0.3) is 5.91 Å². The third-order valence-electron chi connectivity index (χ3n) is 6.48. The van der Waals surface area contributed by atoms with Crippen LogP contribution in [0.25, 0.3) is 0 Å². The van der Waals surface area contributed by atoms with Gasteiger partial charge in [-0.05, 0) is 44.4 Å². The Labute approximate surface area is 206 Å². The predicted molar refractivity (Wildman–Crippen MR) is 124 cm³/mol. The number of piperidine rings is 1. The number of methoxy groups -OCH3 is 1. The maximum absolute atomic E-state index is 14.1. The molecule has 36 heavy (non-hydrogen) atoms. The summed E-state index contributed by atoms with van der Waals surface area (Å²) in [5.41, 5.74) is -0.144. The molecule has 1 amide bonds. The first-order chi connectivity index (χ1) is 17.2. The van der Waals surface area contributed by atoms with Crippen LogP contribution in [-0.2, 0) is 10.9 Å². The fraction of sp³-hybridized carbons (Fsp3) is 0.542. The Morgan fingerprint density at radius 3 is 2.61 bits per heavy atom. The van der Waals surface area contributed by atoms with Gasteiger partial charge in [0.05, 0.1) is 19.3 Å². The zero-order valence-electron chi connectivity index (χ0n) is 20.1. The van der Waals surface area contributed by atoms with Crippen LogP contribution in [0.5, 0.6) is 6.01 Å². The SMILES string of the molecule is COc1nc(Nc2cccc(C(F)(F)F)c2)c(C)c(C(=O)N2CCC(NC3CCOCC3F)CC2)n1. The number of likely N-dealkylation sites (tertiary alicyclic amines) is 1. The first-order valence-electron chi connectivity index (χ1n) is 11.8. The molecule has 0 bridgehead atoms. The van der Waals surface area contributed by atoms with E-state index in [2.05, 4.69) is 20.6 Å². The molecule has 2 saturated heterocycles. The molecular formula is C24H29F4N5O3. The molecule has 196 valence electrons. The van der Waals surface area contributed by atoms with Gasteiger partial charge in [0.15, 0.2) is 0 Å². The highest BCUT2D eigenvalue weighted by Gasteiger charge is 2.32. The van der Waals surface area contributed by atoms with E-state index in [1.165, 1.54) is 19.2 Å². The average molecular weight is 512 g/mol. The molecule has 2 N–H and O–H groups in total. The number of amides is 1. The van der Waals surface area contributed by atoms with Crippen LogP contribution in [-0.4, -0.2) is 72.4 Å². The Kier molecular flexibility index (Phi) is 7.94. The number of anilines is 2. The summed E-state index contributed by atoms with van der Waals surface area (Å²) in [5, 5.41) is 6.22. The van der Waals surface area contributed by atoms with Gasteiger partial charge < -0.3 is 25.0 Å². The quantitative estimate of drug-likeness (QED) is 0.569. The fourth-order valence-electron chi connectivity index (χ4n) is 4.42. The molecule has 0 radical (unpaired) electrons. The summed E-state index contributed by atoms with van der Waals surface area (Å²) in [6.07, 6.45) is -3.60. The van der Waals surface area contributed by atoms with E-state index < -0.39 is 17.9 Å². The van der Waals surface area contributed by atoms with Gasteiger partial charge in [0.2, 0.25) is 0 Å². The molecule has 2 fully saturated rings. The summed E-state index contributed by atoms with van der Waals surface area (Å²) in [7, 11) is 1.35. The molecule has 2 atom stereocenters. The lowest BCUT2D eigenvalue weighted by Gasteiger charge is -2.36. The molecule has 4 rings (SSSR count). The molecule has 1 aromatic carbocycles. The standard InChI is InChI=1S/C24H29F4N5O3/c1-14-20(22(34)33-9-6-16(7-10-33)29-19-8-11-36-13-18(19)25)31-23(35-2)32-21(14)30-17-5-3-4-15(12-17)24(26,27)28/h3-5,12,16,18-19,29H,6-11,13H2,1-2H3,(H,30,31,32). The van der Waals surface area contributed by atoms with Gasteiger partial charge in [-0.15, -0.1) is 0 Å². The summed E-state index contributed by atoms with van der Waals surface area (Å²) in [6.45, 7) is 3.17. The monoisotopic (exact) mass is 511 g/mol. The molecule has 1 aromatic heterocycles. The van der Waals surface area contributed by atoms with Gasteiger partial charge in [0, 0.05) is 43.0 Å². The topological polar surface area (TPSA) is 88.6 Å². The van der Waals surface area contributed by atoms with Crippen LogP contribution >= 0.6 is 0 Å². The molecular weight excluding hydrogens is 482 g/mol. The number of hydrogen-bond donors (Lipinski definition) is 2. The lowest BCUT2D eigenvalue weighted by molar-refractivity contribution is -0.137. The largest absolute Gasteiger partial charge is 0.467 e. The Bertz CT molecular complexity index is 1080. The summed E-state index contributed by atoms with van der Waals surface area (Å²) in [4.78, 5) is 23.4. The average Bonchev–Trinajstić information content (AvgIpc) is 2.86. The van der Waals surface area contributed by atoms with Crippen LogP contribution in [0.3, 0.4) is 0 Å². The number of aromatic nitrogens is 2. The number of rotatable bonds is 6. The van der Waals surface area contributed by atoms with Crippen LogP contribution in [0.1, 0.15) is 40.9 Å². The lowest BCUT2D eigenvalue weighted by Crippen LogP contribution is -2.52. The zero-order chi connectivity index (χ0) is 25.9. The molecule has 2 aliphatic heterocycles. The highest BCUT2D eigenvalue weighted by atomic mass is 19.4. The second-order valence-corrected chi connectivity index (χ2v) is 8.96. The predicted octanol–water partition coefficient (Wildman–Crippen LogP) is 3.88. The number of ether oxygens (including phenoxy) is 2. The van der Waals surface area contributed by atoms with Crippen molar-refractivity contribution in [2.45, 2.75) is 50.6 Å². The number of halogens is 4. The Hall–Kier alpha value is -2.99. The minimum absolute atomic E-state index is 0.0801. The fourth-order valence-corrected chi connectivity index (χ4v) is 4.42. The van der Waals surface area contributed by atoms with E-state index in [-0.39, 0.29) is 47.8 Å². The number of nitrogens with zero attached hydrogens (tertiary/aromatic N) is 3. The maximum atomic E-state index is 14.1. The number of carbonyl (C=O) groups excluding carboxylic acids is 1. The molecule has 0 spiro atoms. The van der Waals surface area contributed by atoms with Gasteiger partial charge in [-0.2, -0.15) is 23.1 Å². The van der Waals surface area contributed by atoms with E-state index in [9.17, 15) is 22.4 Å². The molecule has 0 aliphatic carbocycles. The van der Waals surface area contributed by atoms with E-state index in [0.717, 1.165) is 12.1 Å². The summed E-state index contributed by atoms with van der Waals surface area (Å²) in [6, 6.07) is 4.47. The van der Waals surface area contributed by atoms with Crippen molar-refractivity contribution in [3.05, 3.63) is 41.1 Å². The number of carbonyl (C=O) groups is 1. The smallest absolute Gasteiger partial charge is 0.416 e. The summed E-state index contributed by atoms with van der Waals surface area (Å²) >= 11 is 0. The van der Waals surface area contributed by atoms with Gasteiger partial charge in [0.1, 0.15) is 17.7 Å². The normalized spacial score (nSPS) is 21.3. The first-order valence-corrected chi connectivity index (χ1v) is 11.8. The second kappa shape index (κ2) is 11.0. The molecule has 3 heterocycles. The van der Waals surface area contributed by atoms with Crippen molar-refractivity contribution in [1.29, 1.82) is 0 Å². The minimum Gasteiger partial charge on any atom is -0.467 e. The van der Waals surface area contributed by atoms with Crippen LogP contribution in [0, 0.1) is 6.92 Å². The van der Waals surface area contributed by atoms with Crippen molar-refractivity contribution < 1.29 is 31.8 Å². The molecule has 2 aromatic rings. The van der Waals surface area contributed by atoms with E-state index in [4.69, 9.17) is 9.47 Å². The van der Waals surface area contributed by atoms with E-state index in [0.29, 0.717) is 44.5 Å². The van der Waals surface area contributed by atoms with E-state index >= 15 is 0 Å². The number of benzene rings is 1. The Morgan fingerprint density at radius 2 is 1.94 bits per heavy atom. The third-order valence-corrected chi connectivity index (χ3v) is 6.48. The van der Waals surface area contributed by atoms with Crippen LogP contribution in [0.2, 0.25) is 0 Å². The van der Waals surface area contributed by atoms with Crippen molar-refractivity contribution in [3.8, 4) is 6.01 Å².